The fourth-order valence-electron chi connectivity index (χ4n) is 1.77. The van der Waals surface area contributed by atoms with Crippen LogP contribution in [-0.2, 0) is 23.5 Å². The summed E-state index contributed by atoms with van der Waals surface area (Å²) in [7, 11) is -2.35. The molecule has 0 bridgehead atoms. The molecule has 0 saturated carbocycles. The largest absolute Gasteiger partial charge is 0.394 e. The van der Waals surface area contributed by atoms with Crippen LogP contribution in [0.15, 0.2) is 29.4 Å². The number of hydrogen-bond acceptors (Lipinski definition) is 4. The van der Waals surface area contributed by atoms with E-state index in [0.29, 0.717) is 6.42 Å². The molecule has 0 radical (unpaired) electrons. The normalized spacial score (nSPS) is 11.8. The lowest BCUT2D eigenvalue weighted by atomic mass is 10.3. The first kappa shape index (κ1) is 15.4. The van der Waals surface area contributed by atoms with Gasteiger partial charge in [0.2, 0.25) is 10.0 Å². The number of anilines is 1. The number of nitrogen functional groups attached to an aromatic ring is 1. The number of nitrogens with one attached hydrogen (secondary N) is 1. The average Bonchev–Trinajstić information content (AvgIpc) is 2.81. The predicted octanol–water partition coefficient (Wildman–Crippen LogP) is 0.801. The predicted molar refractivity (Wildman–Crippen MR) is 72.9 cm³/mol. The van der Waals surface area contributed by atoms with Crippen LogP contribution in [0, 0.1) is 11.6 Å². The zero-order valence-electron chi connectivity index (χ0n) is 11.2. The van der Waals surface area contributed by atoms with Crippen molar-refractivity contribution in [1.29, 1.82) is 0 Å². The standard InChI is InChI=1S/C12H14F2N4O2S/c1-18-7-8(6-16-18)4-5-17-21(19,20)10-3-2-9(13)12(15)11(10)14/h2-3,6-7,17H,4-5,15H2,1H3. The second kappa shape index (κ2) is 5.78. The van der Waals surface area contributed by atoms with Gasteiger partial charge in [0.15, 0.2) is 5.82 Å². The van der Waals surface area contributed by atoms with Crippen LogP contribution in [0.5, 0.6) is 0 Å². The van der Waals surface area contributed by atoms with Crippen molar-refractivity contribution >= 4 is 15.7 Å². The topological polar surface area (TPSA) is 90.0 Å². The van der Waals surface area contributed by atoms with E-state index in [9.17, 15) is 17.2 Å². The molecular weight excluding hydrogens is 302 g/mol. The molecule has 0 spiro atoms. The lowest BCUT2D eigenvalue weighted by Gasteiger charge is -2.09. The molecule has 0 unspecified atom stereocenters. The average molecular weight is 316 g/mol. The third-order valence-corrected chi connectivity index (χ3v) is 4.32. The molecule has 1 aromatic heterocycles. The van der Waals surface area contributed by atoms with Crippen molar-refractivity contribution in [2.24, 2.45) is 7.05 Å². The number of aromatic nitrogens is 2. The van der Waals surface area contributed by atoms with Crippen LogP contribution in [0.4, 0.5) is 14.5 Å². The molecule has 2 rings (SSSR count). The molecule has 0 aliphatic carbocycles. The summed E-state index contributed by atoms with van der Waals surface area (Å²) in [6.45, 7) is 0.0603. The van der Waals surface area contributed by atoms with E-state index in [4.69, 9.17) is 5.73 Å². The van der Waals surface area contributed by atoms with Crippen LogP contribution in [0.2, 0.25) is 0 Å². The minimum absolute atomic E-state index is 0.0603. The highest BCUT2D eigenvalue weighted by molar-refractivity contribution is 7.89. The number of rotatable bonds is 5. The van der Waals surface area contributed by atoms with E-state index in [2.05, 4.69) is 9.82 Å². The van der Waals surface area contributed by atoms with Gasteiger partial charge in [-0.25, -0.2) is 21.9 Å². The summed E-state index contributed by atoms with van der Waals surface area (Å²) in [5, 5.41) is 3.95. The monoisotopic (exact) mass is 316 g/mol. The minimum atomic E-state index is -4.09. The number of aryl methyl sites for hydroxylation is 1. The van der Waals surface area contributed by atoms with Gasteiger partial charge in [-0.1, -0.05) is 0 Å². The van der Waals surface area contributed by atoms with Crippen molar-refractivity contribution in [3.8, 4) is 0 Å². The molecule has 0 saturated heterocycles. The summed E-state index contributed by atoms with van der Waals surface area (Å²) >= 11 is 0. The second-order valence-electron chi connectivity index (χ2n) is 4.44. The van der Waals surface area contributed by atoms with Gasteiger partial charge in [-0.2, -0.15) is 5.10 Å². The molecule has 0 aliphatic rings. The Balaban J connectivity index is 2.10. The van der Waals surface area contributed by atoms with E-state index in [0.717, 1.165) is 17.7 Å². The SMILES string of the molecule is Cn1cc(CCNS(=O)(=O)c2ccc(F)c(N)c2F)cn1. The summed E-state index contributed by atoms with van der Waals surface area (Å²) in [5.74, 6) is -2.29. The molecule has 0 amide bonds. The van der Waals surface area contributed by atoms with Gasteiger partial charge in [0.05, 0.1) is 6.20 Å². The van der Waals surface area contributed by atoms with Gasteiger partial charge in [-0.3, -0.25) is 4.68 Å². The minimum Gasteiger partial charge on any atom is -0.394 e. The van der Waals surface area contributed by atoms with Crippen molar-refractivity contribution in [2.45, 2.75) is 11.3 Å². The molecule has 2 aromatic rings. The number of halogens is 2. The van der Waals surface area contributed by atoms with Crippen LogP contribution in [0.25, 0.3) is 0 Å². The highest BCUT2D eigenvalue weighted by Gasteiger charge is 2.22. The summed E-state index contributed by atoms with van der Waals surface area (Å²) < 4.78 is 54.5. The molecule has 1 heterocycles. The third kappa shape index (κ3) is 3.37. The Morgan fingerprint density at radius 1 is 1.38 bits per heavy atom. The Morgan fingerprint density at radius 3 is 2.71 bits per heavy atom. The van der Waals surface area contributed by atoms with E-state index in [1.165, 1.54) is 0 Å². The maximum absolute atomic E-state index is 13.7. The third-order valence-electron chi connectivity index (χ3n) is 2.84. The van der Waals surface area contributed by atoms with Crippen LogP contribution in [0.1, 0.15) is 5.56 Å². The molecule has 21 heavy (non-hydrogen) atoms. The fraction of sp³-hybridized carbons (Fsp3) is 0.250. The van der Waals surface area contributed by atoms with Gasteiger partial charge >= 0.3 is 0 Å². The van der Waals surface area contributed by atoms with E-state index in [1.54, 1.807) is 24.1 Å². The highest BCUT2D eigenvalue weighted by atomic mass is 32.2. The fourth-order valence-corrected chi connectivity index (χ4v) is 2.88. The first-order valence-corrected chi connectivity index (χ1v) is 7.50. The molecule has 3 N–H and O–H groups in total. The molecule has 0 fully saturated rings. The zero-order chi connectivity index (χ0) is 15.6. The summed E-state index contributed by atoms with van der Waals surface area (Å²) in [5.41, 5.74) is 5.17. The number of hydrogen-bond donors (Lipinski definition) is 2. The lowest BCUT2D eigenvalue weighted by molar-refractivity contribution is 0.548. The van der Waals surface area contributed by atoms with Gasteiger partial charge < -0.3 is 5.73 Å². The smallest absolute Gasteiger partial charge is 0.243 e. The summed E-state index contributed by atoms with van der Waals surface area (Å²) in [6.07, 6.45) is 3.74. The van der Waals surface area contributed by atoms with E-state index in [-0.39, 0.29) is 6.54 Å². The van der Waals surface area contributed by atoms with Gasteiger partial charge in [-0.05, 0) is 24.1 Å². The highest BCUT2D eigenvalue weighted by Crippen LogP contribution is 2.22. The number of sulfonamides is 1. The Kier molecular flexibility index (Phi) is 4.24. The number of nitrogens with two attached hydrogens (primary N) is 1. The molecule has 114 valence electrons. The van der Waals surface area contributed by atoms with Gasteiger partial charge in [0.1, 0.15) is 16.4 Å². The number of benzene rings is 1. The van der Waals surface area contributed by atoms with E-state index in [1.807, 2.05) is 0 Å². The Labute approximate surface area is 120 Å². The summed E-state index contributed by atoms with van der Waals surface area (Å²) in [4.78, 5) is -0.674. The van der Waals surface area contributed by atoms with Crippen LogP contribution >= 0.6 is 0 Å². The van der Waals surface area contributed by atoms with Crippen LogP contribution in [0.3, 0.4) is 0 Å². The Morgan fingerprint density at radius 2 is 2.10 bits per heavy atom. The quantitative estimate of drug-likeness (QED) is 0.799. The summed E-state index contributed by atoms with van der Waals surface area (Å²) in [6, 6.07) is 1.65. The maximum Gasteiger partial charge on any atom is 0.243 e. The van der Waals surface area contributed by atoms with Crippen molar-refractivity contribution < 1.29 is 17.2 Å². The first-order chi connectivity index (χ1) is 9.81. The van der Waals surface area contributed by atoms with E-state index >= 15 is 0 Å². The molecule has 6 nitrogen and oxygen atoms in total. The molecular formula is C12H14F2N4O2S. The molecule has 0 aliphatic heterocycles. The van der Waals surface area contributed by atoms with Crippen molar-refractivity contribution in [3.63, 3.8) is 0 Å². The zero-order valence-corrected chi connectivity index (χ0v) is 12.0. The number of nitrogens with zero attached hydrogens (tertiary/aromatic N) is 2. The lowest BCUT2D eigenvalue weighted by Crippen LogP contribution is -2.27. The van der Waals surface area contributed by atoms with Crippen molar-refractivity contribution in [3.05, 3.63) is 41.7 Å². The van der Waals surface area contributed by atoms with Crippen molar-refractivity contribution in [2.75, 3.05) is 12.3 Å². The van der Waals surface area contributed by atoms with Gasteiger partial charge in [-0.15, -0.1) is 0 Å². The Bertz CT molecular complexity index is 759. The van der Waals surface area contributed by atoms with Crippen molar-refractivity contribution in [1.82, 2.24) is 14.5 Å². The van der Waals surface area contributed by atoms with Gasteiger partial charge in [0, 0.05) is 19.8 Å². The molecule has 9 heteroatoms. The first-order valence-electron chi connectivity index (χ1n) is 6.02. The second-order valence-corrected chi connectivity index (χ2v) is 6.18. The van der Waals surface area contributed by atoms with E-state index < -0.39 is 32.2 Å². The molecule has 1 aromatic carbocycles. The van der Waals surface area contributed by atoms with Crippen LogP contribution in [-0.4, -0.2) is 24.7 Å². The maximum atomic E-state index is 13.7. The Hall–Kier alpha value is -2.00. The molecule has 0 atom stereocenters. The van der Waals surface area contributed by atoms with Crippen LogP contribution < -0.4 is 10.5 Å². The van der Waals surface area contributed by atoms with Gasteiger partial charge in [0.25, 0.3) is 0 Å².